The van der Waals surface area contributed by atoms with Gasteiger partial charge in [0.25, 0.3) is 0 Å². The maximum Gasteiger partial charge on any atom is 0.573 e. The molecule has 0 bridgehead atoms. The summed E-state index contributed by atoms with van der Waals surface area (Å²) in [5, 5.41) is 32.9. The minimum absolute atomic E-state index is 0.386. The van der Waals surface area contributed by atoms with Crippen LogP contribution in [-0.2, 0) is 4.74 Å². The SMILES string of the molecule is C[C@H]1[C@H]([C@H](O)[C@H](O)CO)OC(C)(F)C(F)[C@@H]1NC(=O)Nc1ccccc1OC(F)(F)F. The zero-order valence-corrected chi connectivity index (χ0v) is 16.4. The van der Waals surface area contributed by atoms with Gasteiger partial charge in [0.05, 0.1) is 24.4 Å². The van der Waals surface area contributed by atoms with Gasteiger partial charge in [-0.05, 0) is 19.1 Å². The van der Waals surface area contributed by atoms with Crippen molar-refractivity contribution in [2.45, 2.75) is 56.6 Å². The Morgan fingerprint density at radius 3 is 2.52 bits per heavy atom. The molecule has 0 saturated carbocycles. The topological polar surface area (TPSA) is 120 Å². The fourth-order valence-electron chi connectivity index (χ4n) is 3.24. The molecule has 2 unspecified atom stereocenters. The Balaban J connectivity index is 2.19. The summed E-state index contributed by atoms with van der Waals surface area (Å²) in [6.45, 7) is 1.13. The molecule has 1 aliphatic heterocycles. The number of anilines is 1. The molecule has 1 fully saturated rings. The van der Waals surface area contributed by atoms with Gasteiger partial charge in [0.2, 0.25) is 5.85 Å². The van der Waals surface area contributed by atoms with E-state index in [0.717, 1.165) is 12.1 Å². The predicted octanol–water partition coefficient (Wildman–Crippen LogP) is 1.85. The summed E-state index contributed by atoms with van der Waals surface area (Å²) in [6, 6.07) is 1.81. The number of aliphatic hydroxyl groups excluding tert-OH is 3. The van der Waals surface area contributed by atoms with Crippen LogP contribution in [0.2, 0.25) is 0 Å². The number of ether oxygens (including phenoxy) is 2. The summed E-state index contributed by atoms with van der Waals surface area (Å²) in [5.74, 6) is -4.82. The molecular weight excluding hydrogens is 435 g/mol. The molecule has 1 heterocycles. The summed E-state index contributed by atoms with van der Waals surface area (Å²) in [7, 11) is 0. The summed E-state index contributed by atoms with van der Waals surface area (Å²) >= 11 is 0. The molecule has 13 heteroatoms. The number of alkyl halides is 5. The molecule has 8 nitrogen and oxygen atoms in total. The third-order valence-corrected chi connectivity index (χ3v) is 4.84. The number of carbonyl (C=O) groups is 1. The lowest BCUT2D eigenvalue weighted by Gasteiger charge is -2.46. The highest BCUT2D eigenvalue weighted by Crippen LogP contribution is 2.38. The molecule has 1 aliphatic rings. The summed E-state index contributed by atoms with van der Waals surface area (Å²) in [5.41, 5.74) is -0.386. The van der Waals surface area contributed by atoms with Gasteiger partial charge in [-0.25, -0.2) is 13.6 Å². The molecule has 0 aliphatic carbocycles. The molecule has 7 atom stereocenters. The van der Waals surface area contributed by atoms with Crippen molar-refractivity contribution in [1.82, 2.24) is 5.32 Å². The van der Waals surface area contributed by atoms with Crippen LogP contribution in [0.15, 0.2) is 24.3 Å². The van der Waals surface area contributed by atoms with Gasteiger partial charge in [0.15, 0.2) is 11.9 Å². The lowest BCUT2D eigenvalue weighted by Crippen LogP contribution is -2.65. The molecule has 2 amide bonds. The van der Waals surface area contributed by atoms with Crippen LogP contribution in [0.3, 0.4) is 0 Å². The summed E-state index contributed by atoms with van der Waals surface area (Å²) < 4.78 is 75.6. The van der Waals surface area contributed by atoms with E-state index in [9.17, 15) is 37.0 Å². The molecule has 0 aromatic heterocycles. The lowest BCUT2D eigenvalue weighted by molar-refractivity contribution is -0.280. The Hall–Kier alpha value is -2.22. The maximum atomic E-state index is 14.7. The van der Waals surface area contributed by atoms with Crippen LogP contribution in [0.5, 0.6) is 5.75 Å². The van der Waals surface area contributed by atoms with Crippen LogP contribution >= 0.6 is 0 Å². The van der Waals surface area contributed by atoms with E-state index < -0.39 is 67.0 Å². The minimum atomic E-state index is -5.03. The van der Waals surface area contributed by atoms with Gasteiger partial charge >= 0.3 is 12.4 Å². The van der Waals surface area contributed by atoms with Crippen LogP contribution in [0, 0.1) is 5.92 Å². The van der Waals surface area contributed by atoms with Crippen LogP contribution in [0.1, 0.15) is 13.8 Å². The van der Waals surface area contributed by atoms with Gasteiger partial charge in [0, 0.05) is 5.92 Å². The van der Waals surface area contributed by atoms with Crippen LogP contribution in [-0.4, -0.2) is 70.7 Å². The van der Waals surface area contributed by atoms with E-state index in [1.54, 1.807) is 0 Å². The number of nitrogens with one attached hydrogen (secondary N) is 2. The van der Waals surface area contributed by atoms with Gasteiger partial charge in [0.1, 0.15) is 12.2 Å². The monoisotopic (exact) mass is 458 g/mol. The first-order chi connectivity index (χ1) is 14.3. The number of para-hydroxylation sites is 2. The second-order valence-electron chi connectivity index (χ2n) is 7.24. The van der Waals surface area contributed by atoms with Gasteiger partial charge in [-0.3, -0.25) is 0 Å². The average Bonchev–Trinajstić information content (AvgIpc) is 2.67. The van der Waals surface area contributed by atoms with Crippen molar-refractivity contribution in [3.63, 3.8) is 0 Å². The number of hydrogen-bond donors (Lipinski definition) is 5. The highest BCUT2D eigenvalue weighted by Gasteiger charge is 2.55. The van der Waals surface area contributed by atoms with E-state index in [0.29, 0.717) is 6.92 Å². The molecule has 0 spiro atoms. The lowest BCUT2D eigenvalue weighted by atomic mass is 9.82. The number of halogens is 5. The minimum Gasteiger partial charge on any atom is -0.404 e. The number of aliphatic hydroxyl groups is 3. The Kier molecular flexibility index (Phi) is 7.68. The first-order valence-electron chi connectivity index (χ1n) is 9.17. The molecule has 1 saturated heterocycles. The molecule has 0 radical (unpaired) electrons. The number of hydrogen-bond acceptors (Lipinski definition) is 6. The quantitative estimate of drug-likeness (QED) is 0.415. The Morgan fingerprint density at radius 2 is 1.94 bits per heavy atom. The van der Waals surface area contributed by atoms with E-state index in [4.69, 9.17) is 9.84 Å². The zero-order chi connectivity index (χ0) is 23.6. The predicted molar refractivity (Wildman–Crippen MR) is 96.6 cm³/mol. The molecule has 176 valence electrons. The first-order valence-corrected chi connectivity index (χ1v) is 9.17. The van der Waals surface area contributed by atoms with Crippen molar-refractivity contribution >= 4 is 11.7 Å². The van der Waals surface area contributed by atoms with Crippen LogP contribution < -0.4 is 15.4 Å². The number of rotatable bonds is 6. The van der Waals surface area contributed by atoms with E-state index >= 15 is 0 Å². The van der Waals surface area contributed by atoms with Gasteiger partial charge in [-0.15, -0.1) is 13.2 Å². The molecule has 31 heavy (non-hydrogen) atoms. The van der Waals surface area contributed by atoms with E-state index in [1.807, 2.05) is 0 Å². The van der Waals surface area contributed by atoms with Gasteiger partial charge < -0.3 is 35.4 Å². The summed E-state index contributed by atoms with van der Waals surface area (Å²) in [4.78, 5) is 12.3. The Bertz CT molecular complexity index is 765. The molecule has 5 N–H and O–H groups in total. The Labute approximate surface area is 174 Å². The molecular formula is C18H23F5N2O6. The van der Waals surface area contributed by atoms with Crippen molar-refractivity contribution in [3.8, 4) is 5.75 Å². The highest BCUT2D eigenvalue weighted by atomic mass is 19.4. The second-order valence-corrected chi connectivity index (χ2v) is 7.24. The van der Waals surface area contributed by atoms with Gasteiger partial charge in [-0.1, -0.05) is 19.1 Å². The fraction of sp³-hybridized carbons (Fsp3) is 0.611. The number of carbonyl (C=O) groups excluding carboxylic acids is 1. The third kappa shape index (κ3) is 6.15. The standard InChI is InChI=1S/C18H23F5N2O6/c1-8-12(15(19)17(2,20)31-14(8)13(28)10(27)7-26)25-16(29)24-9-5-3-4-6-11(9)30-18(21,22)23/h3-6,8,10,12-15,26-28H,7H2,1-2H3,(H2,24,25,29)/t8-,10-,12-,13-,14-,15?,17?/m1/s1. The van der Waals surface area contributed by atoms with E-state index in [2.05, 4.69) is 15.4 Å². The van der Waals surface area contributed by atoms with Crippen LogP contribution in [0.4, 0.5) is 32.4 Å². The molecule has 1 aromatic rings. The average molecular weight is 458 g/mol. The fourth-order valence-corrected chi connectivity index (χ4v) is 3.24. The zero-order valence-electron chi connectivity index (χ0n) is 16.4. The number of amides is 2. The van der Waals surface area contributed by atoms with Gasteiger partial charge in [-0.2, -0.15) is 0 Å². The van der Waals surface area contributed by atoms with E-state index in [1.165, 1.54) is 19.1 Å². The van der Waals surface area contributed by atoms with Crippen molar-refractivity contribution in [2.75, 3.05) is 11.9 Å². The van der Waals surface area contributed by atoms with Crippen molar-refractivity contribution in [2.24, 2.45) is 5.92 Å². The van der Waals surface area contributed by atoms with Crippen molar-refractivity contribution in [3.05, 3.63) is 24.3 Å². The third-order valence-electron chi connectivity index (χ3n) is 4.84. The van der Waals surface area contributed by atoms with Crippen LogP contribution in [0.25, 0.3) is 0 Å². The number of benzene rings is 1. The second kappa shape index (κ2) is 9.51. The normalized spacial score (nSPS) is 30.9. The largest absolute Gasteiger partial charge is 0.573 e. The smallest absolute Gasteiger partial charge is 0.404 e. The van der Waals surface area contributed by atoms with E-state index in [-0.39, 0.29) is 5.69 Å². The van der Waals surface area contributed by atoms with Crippen molar-refractivity contribution in [1.29, 1.82) is 0 Å². The maximum absolute atomic E-state index is 14.7. The highest BCUT2D eigenvalue weighted by molar-refractivity contribution is 5.91. The first kappa shape index (κ1) is 25.0. The Morgan fingerprint density at radius 1 is 1.32 bits per heavy atom. The van der Waals surface area contributed by atoms with Crippen molar-refractivity contribution < 1.29 is 51.5 Å². The number of urea groups is 1. The molecule has 1 aromatic carbocycles. The summed E-state index contributed by atoms with van der Waals surface area (Å²) in [6.07, 6.45) is -12.5. The molecule has 2 rings (SSSR count).